The summed E-state index contributed by atoms with van der Waals surface area (Å²) < 4.78 is 10.6. The molecule has 1 aromatic rings. The van der Waals surface area contributed by atoms with Crippen LogP contribution in [0.1, 0.15) is 33.6 Å². The van der Waals surface area contributed by atoms with Crippen molar-refractivity contribution >= 4 is 11.9 Å². The highest BCUT2D eigenvalue weighted by Gasteiger charge is 2.11. The van der Waals surface area contributed by atoms with Crippen LogP contribution in [-0.2, 0) is 4.74 Å². The van der Waals surface area contributed by atoms with E-state index in [1.807, 2.05) is 13.8 Å². The average molecular weight is 283 g/mol. The molecule has 0 aliphatic rings. The monoisotopic (exact) mass is 283 g/mol. The van der Waals surface area contributed by atoms with E-state index >= 15 is 0 Å². The largest absolute Gasteiger partial charge is 0.463 e. The molecule has 0 bridgehead atoms. The van der Waals surface area contributed by atoms with Crippen molar-refractivity contribution in [3.8, 4) is 6.01 Å². The molecule has 0 spiro atoms. The maximum atomic E-state index is 5.48. The smallest absolute Gasteiger partial charge is 0.323 e. The number of anilines is 2. The highest BCUT2D eigenvalue weighted by molar-refractivity contribution is 5.36. The molecule has 0 aromatic carbocycles. The van der Waals surface area contributed by atoms with Gasteiger partial charge >= 0.3 is 6.01 Å². The van der Waals surface area contributed by atoms with Crippen LogP contribution in [0.3, 0.4) is 0 Å². The van der Waals surface area contributed by atoms with Crippen molar-refractivity contribution in [2.75, 3.05) is 37.5 Å². The molecule has 0 aliphatic carbocycles. The summed E-state index contributed by atoms with van der Waals surface area (Å²) in [6, 6.07) is 0.503. The second-order valence-electron chi connectivity index (χ2n) is 4.35. The summed E-state index contributed by atoms with van der Waals surface area (Å²) in [6.45, 7) is 8.04. The summed E-state index contributed by atoms with van der Waals surface area (Å²) >= 11 is 0. The molecule has 1 unspecified atom stereocenters. The fraction of sp³-hybridized carbons (Fsp3) is 0.769. The van der Waals surface area contributed by atoms with Crippen molar-refractivity contribution in [3.05, 3.63) is 0 Å². The number of hydrogen-bond acceptors (Lipinski definition) is 7. The van der Waals surface area contributed by atoms with E-state index in [2.05, 4.69) is 32.5 Å². The van der Waals surface area contributed by atoms with Crippen molar-refractivity contribution in [1.29, 1.82) is 0 Å². The quantitative estimate of drug-likeness (QED) is 0.679. The molecule has 1 rings (SSSR count). The highest BCUT2D eigenvalue weighted by atomic mass is 16.5. The Bertz CT molecular complexity index is 389. The molecule has 1 atom stereocenters. The number of aromatic nitrogens is 3. The molecule has 0 aliphatic heterocycles. The van der Waals surface area contributed by atoms with Gasteiger partial charge in [0.25, 0.3) is 0 Å². The molecular formula is C13H25N5O2. The molecular weight excluding hydrogens is 258 g/mol. The van der Waals surface area contributed by atoms with E-state index in [4.69, 9.17) is 9.47 Å². The lowest BCUT2D eigenvalue weighted by molar-refractivity contribution is 0.184. The molecule has 1 heterocycles. The van der Waals surface area contributed by atoms with E-state index in [1.165, 1.54) is 0 Å². The minimum atomic E-state index is 0.163. The topological polar surface area (TPSA) is 81.2 Å². The van der Waals surface area contributed by atoms with Gasteiger partial charge in [0.2, 0.25) is 11.9 Å². The van der Waals surface area contributed by atoms with Gasteiger partial charge in [0, 0.05) is 13.7 Å². The normalized spacial score (nSPS) is 12.0. The summed E-state index contributed by atoms with van der Waals surface area (Å²) in [6.07, 6.45) is 1.83. The number of nitrogens with one attached hydrogen (secondary N) is 2. The summed E-state index contributed by atoms with van der Waals surface area (Å²) in [5.74, 6) is 1.02. The minimum absolute atomic E-state index is 0.163. The van der Waals surface area contributed by atoms with Crippen LogP contribution in [0.15, 0.2) is 0 Å². The van der Waals surface area contributed by atoms with Crippen LogP contribution >= 0.6 is 0 Å². The Morgan fingerprint density at radius 2 is 1.85 bits per heavy atom. The Balaban J connectivity index is 2.83. The van der Waals surface area contributed by atoms with Gasteiger partial charge in [-0.15, -0.1) is 0 Å². The minimum Gasteiger partial charge on any atom is -0.463 e. The fourth-order valence-corrected chi connectivity index (χ4v) is 1.56. The Hall–Kier alpha value is -1.63. The van der Waals surface area contributed by atoms with Gasteiger partial charge in [0.05, 0.1) is 19.3 Å². The van der Waals surface area contributed by atoms with Gasteiger partial charge in [-0.25, -0.2) is 0 Å². The standard InChI is InChI=1S/C13H25N5O2/c1-5-8-20-13-17-11(14-7-3)16-12(18-13)15-10(6-2)9-19-4/h10H,5-9H2,1-4H3,(H2,14,15,16,17,18). The molecule has 0 radical (unpaired) electrons. The first-order chi connectivity index (χ1) is 9.73. The van der Waals surface area contributed by atoms with Crippen LogP contribution in [0.4, 0.5) is 11.9 Å². The van der Waals surface area contributed by atoms with Crippen LogP contribution in [-0.4, -0.2) is 47.9 Å². The molecule has 1 aromatic heterocycles. The number of methoxy groups -OCH3 is 1. The lowest BCUT2D eigenvalue weighted by atomic mass is 10.2. The van der Waals surface area contributed by atoms with Crippen LogP contribution in [0.2, 0.25) is 0 Å². The molecule has 2 N–H and O–H groups in total. The average Bonchev–Trinajstić information content (AvgIpc) is 2.45. The summed E-state index contributed by atoms with van der Waals surface area (Å²) in [7, 11) is 1.68. The first kappa shape index (κ1) is 16.4. The Kier molecular flexibility index (Phi) is 7.64. The van der Waals surface area contributed by atoms with Crippen LogP contribution in [0.5, 0.6) is 6.01 Å². The van der Waals surface area contributed by atoms with E-state index in [9.17, 15) is 0 Å². The highest BCUT2D eigenvalue weighted by Crippen LogP contribution is 2.13. The molecule has 7 heteroatoms. The van der Waals surface area contributed by atoms with Gasteiger partial charge in [-0.2, -0.15) is 15.0 Å². The zero-order valence-electron chi connectivity index (χ0n) is 12.8. The predicted octanol–water partition coefficient (Wildman–Crippen LogP) is 1.93. The van der Waals surface area contributed by atoms with Gasteiger partial charge in [-0.05, 0) is 19.8 Å². The van der Waals surface area contributed by atoms with Gasteiger partial charge in [-0.3, -0.25) is 0 Å². The van der Waals surface area contributed by atoms with E-state index in [0.717, 1.165) is 19.4 Å². The van der Waals surface area contributed by atoms with E-state index in [-0.39, 0.29) is 6.04 Å². The van der Waals surface area contributed by atoms with Gasteiger partial charge in [0.15, 0.2) is 0 Å². The third kappa shape index (κ3) is 5.56. The van der Waals surface area contributed by atoms with Gasteiger partial charge in [-0.1, -0.05) is 13.8 Å². The number of rotatable bonds is 10. The second kappa shape index (κ2) is 9.30. The molecule has 114 valence electrons. The molecule has 20 heavy (non-hydrogen) atoms. The molecule has 0 amide bonds. The summed E-state index contributed by atoms with van der Waals surface area (Å²) in [5.41, 5.74) is 0. The summed E-state index contributed by atoms with van der Waals surface area (Å²) in [5, 5.41) is 6.31. The zero-order valence-corrected chi connectivity index (χ0v) is 12.8. The van der Waals surface area contributed by atoms with Crippen molar-refractivity contribution in [1.82, 2.24) is 15.0 Å². The van der Waals surface area contributed by atoms with Crippen molar-refractivity contribution < 1.29 is 9.47 Å². The first-order valence-electron chi connectivity index (χ1n) is 7.11. The van der Waals surface area contributed by atoms with Crippen molar-refractivity contribution in [2.24, 2.45) is 0 Å². The lowest BCUT2D eigenvalue weighted by Crippen LogP contribution is -2.25. The summed E-state index contributed by atoms with van der Waals surface area (Å²) in [4.78, 5) is 12.8. The number of hydrogen-bond donors (Lipinski definition) is 2. The first-order valence-corrected chi connectivity index (χ1v) is 7.11. The third-order valence-electron chi connectivity index (χ3n) is 2.58. The van der Waals surface area contributed by atoms with Gasteiger partial charge < -0.3 is 20.1 Å². The van der Waals surface area contributed by atoms with Crippen molar-refractivity contribution in [2.45, 2.75) is 39.7 Å². The molecule has 7 nitrogen and oxygen atoms in total. The molecule has 0 fully saturated rings. The Morgan fingerprint density at radius 3 is 2.45 bits per heavy atom. The maximum absolute atomic E-state index is 5.48. The lowest BCUT2D eigenvalue weighted by Gasteiger charge is -2.16. The zero-order chi connectivity index (χ0) is 14.8. The number of ether oxygens (including phenoxy) is 2. The SMILES string of the molecule is CCCOc1nc(NCC)nc(NC(CC)COC)n1. The Labute approximate surface area is 120 Å². The van der Waals surface area contributed by atoms with Crippen LogP contribution in [0, 0.1) is 0 Å². The van der Waals surface area contributed by atoms with Crippen LogP contribution < -0.4 is 15.4 Å². The van der Waals surface area contributed by atoms with Crippen LogP contribution in [0.25, 0.3) is 0 Å². The molecule has 0 saturated heterocycles. The maximum Gasteiger partial charge on any atom is 0.323 e. The van der Waals surface area contributed by atoms with E-state index in [1.54, 1.807) is 7.11 Å². The van der Waals surface area contributed by atoms with Gasteiger partial charge in [0.1, 0.15) is 0 Å². The third-order valence-corrected chi connectivity index (χ3v) is 2.58. The van der Waals surface area contributed by atoms with Crippen molar-refractivity contribution in [3.63, 3.8) is 0 Å². The molecule has 0 saturated carbocycles. The number of nitrogens with zero attached hydrogens (tertiary/aromatic N) is 3. The van der Waals surface area contributed by atoms with E-state index < -0.39 is 0 Å². The van der Waals surface area contributed by atoms with E-state index in [0.29, 0.717) is 31.1 Å². The second-order valence-corrected chi connectivity index (χ2v) is 4.35. The Morgan fingerprint density at radius 1 is 1.10 bits per heavy atom. The fourth-order valence-electron chi connectivity index (χ4n) is 1.56. The predicted molar refractivity (Wildman–Crippen MR) is 79.4 cm³/mol.